The van der Waals surface area contributed by atoms with Crippen LogP contribution in [0.3, 0.4) is 0 Å². The van der Waals surface area contributed by atoms with Crippen LogP contribution in [0, 0.1) is 13.8 Å². The number of anilines is 2. The van der Waals surface area contributed by atoms with Crippen molar-refractivity contribution in [2.45, 2.75) is 33.7 Å². The summed E-state index contributed by atoms with van der Waals surface area (Å²) in [5, 5.41) is 3.43. The van der Waals surface area contributed by atoms with Gasteiger partial charge in [0.15, 0.2) is 0 Å². The summed E-state index contributed by atoms with van der Waals surface area (Å²) in [6.45, 7) is 8.30. The summed E-state index contributed by atoms with van der Waals surface area (Å²) >= 11 is 0. The lowest BCUT2D eigenvalue weighted by atomic mass is 10.2. The van der Waals surface area contributed by atoms with Gasteiger partial charge in [-0.15, -0.1) is 0 Å². The van der Waals surface area contributed by atoms with Crippen molar-refractivity contribution in [1.82, 2.24) is 10.3 Å². The largest absolute Gasteiger partial charge is 0.329 e. The molecular formula is C18H25N3. The van der Waals surface area contributed by atoms with E-state index in [0.717, 1.165) is 31.0 Å². The van der Waals surface area contributed by atoms with Gasteiger partial charge >= 0.3 is 0 Å². The van der Waals surface area contributed by atoms with Crippen LogP contribution in [0.25, 0.3) is 0 Å². The van der Waals surface area contributed by atoms with Crippen LogP contribution < -0.4 is 10.2 Å². The minimum absolute atomic E-state index is 0.890. The monoisotopic (exact) mass is 283 g/mol. The molecule has 3 nitrogen and oxygen atoms in total. The molecule has 2 aromatic rings. The van der Waals surface area contributed by atoms with E-state index in [2.05, 4.69) is 74.4 Å². The summed E-state index contributed by atoms with van der Waals surface area (Å²) in [5.74, 6) is 0.984. The highest BCUT2D eigenvalue weighted by Gasteiger charge is 2.08. The number of rotatable bonds is 6. The maximum absolute atomic E-state index is 4.74. The Morgan fingerprint density at radius 3 is 2.62 bits per heavy atom. The highest BCUT2D eigenvalue weighted by atomic mass is 15.2. The van der Waals surface area contributed by atoms with Crippen LogP contribution in [0.4, 0.5) is 11.5 Å². The van der Waals surface area contributed by atoms with E-state index >= 15 is 0 Å². The molecule has 0 saturated heterocycles. The first-order chi connectivity index (χ1) is 10.1. The van der Waals surface area contributed by atoms with Crippen LogP contribution in [0.5, 0.6) is 0 Å². The average molecular weight is 283 g/mol. The van der Waals surface area contributed by atoms with E-state index in [-0.39, 0.29) is 0 Å². The van der Waals surface area contributed by atoms with Crippen molar-refractivity contribution in [3.05, 3.63) is 53.2 Å². The summed E-state index contributed by atoms with van der Waals surface area (Å²) in [4.78, 5) is 6.87. The smallest absolute Gasteiger partial charge is 0.132 e. The zero-order valence-electron chi connectivity index (χ0n) is 13.5. The molecule has 0 fully saturated rings. The molecule has 112 valence electrons. The Morgan fingerprint density at radius 1 is 1.14 bits per heavy atom. The first-order valence-electron chi connectivity index (χ1n) is 7.59. The maximum atomic E-state index is 4.74. The Kier molecular flexibility index (Phi) is 5.34. The van der Waals surface area contributed by atoms with E-state index in [4.69, 9.17) is 4.98 Å². The van der Waals surface area contributed by atoms with Crippen molar-refractivity contribution >= 4 is 11.5 Å². The van der Waals surface area contributed by atoms with Crippen LogP contribution in [-0.2, 0) is 6.54 Å². The van der Waals surface area contributed by atoms with Crippen molar-refractivity contribution in [2.75, 3.05) is 18.5 Å². The van der Waals surface area contributed by atoms with Gasteiger partial charge in [-0.05, 0) is 56.1 Å². The van der Waals surface area contributed by atoms with E-state index in [1.54, 1.807) is 0 Å². The first-order valence-corrected chi connectivity index (χ1v) is 7.59. The molecule has 0 bridgehead atoms. The summed E-state index contributed by atoms with van der Waals surface area (Å²) in [6.07, 6.45) is 1.15. The molecule has 1 N–H and O–H groups in total. The second-order valence-electron chi connectivity index (χ2n) is 5.49. The standard InChI is InChI=1S/C18H25N3/c1-5-11-19-13-16-9-10-18(20-15(16)3)21(4)17-8-6-7-14(2)12-17/h6-10,12,19H,5,11,13H2,1-4H3. The molecule has 0 atom stereocenters. The molecule has 0 aliphatic rings. The fourth-order valence-electron chi connectivity index (χ4n) is 2.32. The van der Waals surface area contributed by atoms with Crippen molar-refractivity contribution in [1.29, 1.82) is 0 Å². The van der Waals surface area contributed by atoms with Crippen molar-refractivity contribution in [3.63, 3.8) is 0 Å². The number of aromatic nitrogens is 1. The lowest BCUT2D eigenvalue weighted by Crippen LogP contribution is -2.16. The zero-order chi connectivity index (χ0) is 15.2. The summed E-state index contributed by atoms with van der Waals surface area (Å²) in [7, 11) is 2.06. The topological polar surface area (TPSA) is 28.2 Å². The van der Waals surface area contributed by atoms with Crippen LogP contribution in [0.1, 0.15) is 30.2 Å². The van der Waals surface area contributed by atoms with E-state index in [0.29, 0.717) is 0 Å². The van der Waals surface area contributed by atoms with Gasteiger partial charge in [0.05, 0.1) is 0 Å². The van der Waals surface area contributed by atoms with Gasteiger partial charge in [-0.25, -0.2) is 4.98 Å². The third kappa shape index (κ3) is 4.05. The Labute approximate surface area is 128 Å². The van der Waals surface area contributed by atoms with Gasteiger partial charge in [0, 0.05) is 25.0 Å². The van der Waals surface area contributed by atoms with E-state index < -0.39 is 0 Å². The quantitative estimate of drug-likeness (QED) is 0.813. The lowest BCUT2D eigenvalue weighted by Gasteiger charge is -2.20. The Hall–Kier alpha value is -1.87. The maximum Gasteiger partial charge on any atom is 0.132 e. The number of pyridine rings is 1. The number of nitrogens with zero attached hydrogens (tertiary/aromatic N) is 2. The summed E-state index contributed by atoms with van der Waals surface area (Å²) < 4.78 is 0. The molecule has 21 heavy (non-hydrogen) atoms. The average Bonchev–Trinajstić information content (AvgIpc) is 2.48. The molecule has 0 radical (unpaired) electrons. The second-order valence-corrected chi connectivity index (χ2v) is 5.49. The molecule has 0 saturated carbocycles. The molecule has 1 aromatic heterocycles. The zero-order valence-corrected chi connectivity index (χ0v) is 13.5. The molecule has 0 aliphatic heterocycles. The Balaban J connectivity index is 2.15. The molecule has 2 rings (SSSR count). The van der Waals surface area contributed by atoms with Crippen LogP contribution in [0.15, 0.2) is 36.4 Å². The Bertz CT molecular complexity index is 593. The van der Waals surface area contributed by atoms with Gasteiger partial charge in [0.1, 0.15) is 5.82 Å². The molecule has 1 aromatic carbocycles. The van der Waals surface area contributed by atoms with E-state index in [9.17, 15) is 0 Å². The highest BCUT2D eigenvalue weighted by molar-refractivity contribution is 5.60. The van der Waals surface area contributed by atoms with Gasteiger partial charge in [0.2, 0.25) is 0 Å². The van der Waals surface area contributed by atoms with E-state index in [1.165, 1.54) is 16.8 Å². The number of hydrogen-bond acceptors (Lipinski definition) is 3. The second kappa shape index (κ2) is 7.23. The molecule has 1 heterocycles. The molecule has 0 spiro atoms. The lowest BCUT2D eigenvalue weighted by molar-refractivity contribution is 0.671. The minimum Gasteiger partial charge on any atom is -0.329 e. The van der Waals surface area contributed by atoms with Crippen LogP contribution in [-0.4, -0.2) is 18.6 Å². The Morgan fingerprint density at radius 2 is 1.95 bits per heavy atom. The molecule has 0 unspecified atom stereocenters. The van der Waals surface area contributed by atoms with Gasteiger partial charge in [0.25, 0.3) is 0 Å². The highest BCUT2D eigenvalue weighted by Crippen LogP contribution is 2.23. The first kappa shape index (κ1) is 15.5. The van der Waals surface area contributed by atoms with Gasteiger partial charge < -0.3 is 10.2 Å². The number of aryl methyl sites for hydroxylation is 2. The normalized spacial score (nSPS) is 10.7. The molecule has 0 amide bonds. The molecule has 0 aliphatic carbocycles. The van der Waals surface area contributed by atoms with Crippen LogP contribution >= 0.6 is 0 Å². The summed E-state index contributed by atoms with van der Waals surface area (Å²) in [5.41, 5.74) is 4.79. The number of benzene rings is 1. The van der Waals surface area contributed by atoms with Crippen molar-refractivity contribution in [3.8, 4) is 0 Å². The number of nitrogens with one attached hydrogen (secondary N) is 1. The van der Waals surface area contributed by atoms with Gasteiger partial charge in [-0.3, -0.25) is 0 Å². The van der Waals surface area contributed by atoms with Gasteiger partial charge in [-0.2, -0.15) is 0 Å². The molecular weight excluding hydrogens is 258 g/mol. The predicted octanol–water partition coefficient (Wildman–Crippen LogP) is 3.97. The fourth-order valence-corrected chi connectivity index (χ4v) is 2.32. The number of hydrogen-bond donors (Lipinski definition) is 1. The minimum atomic E-state index is 0.890. The SMILES string of the molecule is CCCNCc1ccc(N(C)c2cccc(C)c2)nc1C. The third-order valence-electron chi connectivity index (χ3n) is 3.66. The van der Waals surface area contributed by atoms with E-state index in [1.807, 2.05) is 0 Å². The predicted molar refractivity (Wildman–Crippen MR) is 90.2 cm³/mol. The van der Waals surface area contributed by atoms with Crippen molar-refractivity contribution < 1.29 is 0 Å². The summed E-state index contributed by atoms with van der Waals surface area (Å²) in [6, 6.07) is 12.7. The van der Waals surface area contributed by atoms with Crippen molar-refractivity contribution in [2.24, 2.45) is 0 Å². The molecule has 3 heteroatoms. The fraction of sp³-hybridized carbons (Fsp3) is 0.389. The van der Waals surface area contributed by atoms with Gasteiger partial charge in [-0.1, -0.05) is 25.1 Å². The third-order valence-corrected chi connectivity index (χ3v) is 3.66. The van der Waals surface area contributed by atoms with Crippen LogP contribution in [0.2, 0.25) is 0 Å².